The summed E-state index contributed by atoms with van der Waals surface area (Å²) < 4.78 is 7.11. The van der Waals surface area contributed by atoms with Crippen LogP contribution in [0.1, 0.15) is 11.1 Å². The molecule has 1 aliphatic rings. The van der Waals surface area contributed by atoms with E-state index in [1.54, 1.807) is 22.7 Å². The molecule has 3 aromatic rings. The van der Waals surface area contributed by atoms with E-state index >= 15 is 0 Å². The third kappa shape index (κ3) is 2.87. The summed E-state index contributed by atoms with van der Waals surface area (Å²) in [6.07, 6.45) is 0. The molecule has 0 amide bonds. The van der Waals surface area contributed by atoms with Gasteiger partial charge in [-0.1, -0.05) is 0 Å². The summed E-state index contributed by atoms with van der Waals surface area (Å²) in [5.41, 5.74) is 4.59. The SMILES string of the molecule is Cc1cc2c(N3CCN(N)c4ccc(C#N)cc43)cc(OI)cc2n(C)c1=O. The third-order valence-electron chi connectivity index (χ3n) is 5.12. The number of anilines is 3. The van der Waals surface area contributed by atoms with E-state index in [0.29, 0.717) is 30.0 Å². The number of halogens is 1. The van der Waals surface area contributed by atoms with Crippen LogP contribution in [0.15, 0.2) is 41.2 Å². The second kappa shape index (κ2) is 7.00. The summed E-state index contributed by atoms with van der Waals surface area (Å²) in [5, 5.41) is 12.0. The molecule has 4 rings (SSSR count). The van der Waals surface area contributed by atoms with Gasteiger partial charge in [0.05, 0.1) is 40.8 Å². The zero-order valence-electron chi connectivity index (χ0n) is 15.4. The van der Waals surface area contributed by atoms with E-state index < -0.39 is 0 Å². The molecule has 2 N–H and O–H groups in total. The summed E-state index contributed by atoms with van der Waals surface area (Å²) in [7, 11) is 1.76. The van der Waals surface area contributed by atoms with Crippen molar-refractivity contribution < 1.29 is 3.07 Å². The van der Waals surface area contributed by atoms with Gasteiger partial charge in [0.25, 0.3) is 5.56 Å². The molecule has 0 saturated carbocycles. The molecule has 28 heavy (non-hydrogen) atoms. The fraction of sp³-hybridized carbons (Fsp3) is 0.200. The first-order chi connectivity index (χ1) is 13.4. The largest absolute Gasteiger partial charge is 0.428 e. The Bertz CT molecular complexity index is 1200. The van der Waals surface area contributed by atoms with Crippen LogP contribution in [-0.4, -0.2) is 17.7 Å². The van der Waals surface area contributed by atoms with Crippen LogP contribution >= 0.6 is 23.0 Å². The first-order valence-corrected chi connectivity index (χ1v) is 9.59. The predicted octanol–water partition coefficient (Wildman–Crippen LogP) is 3.28. The smallest absolute Gasteiger partial charge is 0.253 e. The maximum absolute atomic E-state index is 12.4. The summed E-state index contributed by atoms with van der Waals surface area (Å²) in [6, 6.07) is 13.4. The molecule has 1 aliphatic heterocycles. The van der Waals surface area contributed by atoms with Crippen molar-refractivity contribution in [2.45, 2.75) is 6.92 Å². The number of aromatic nitrogens is 1. The Balaban J connectivity index is 2.04. The standard InChI is InChI=1S/C20H18IN5O2/c1-12-7-15-17(24(2)20(12)27)9-14(28-21)10-18(15)25-5-6-26(23)16-4-3-13(11-22)8-19(16)25/h3-4,7-10H,5-6,23H2,1-2H3. The van der Waals surface area contributed by atoms with E-state index in [9.17, 15) is 10.1 Å². The van der Waals surface area contributed by atoms with Gasteiger partial charge in [0, 0.05) is 36.7 Å². The highest BCUT2D eigenvalue weighted by Gasteiger charge is 2.25. The molecule has 0 bridgehead atoms. The highest BCUT2D eigenvalue weighted by molar-refractivity contribution is 14.1. The quantitative estimate of drug-likeness (QED) is 0.441. The number of fused-ring (bicyclic) bond motifs is 2. The minimum absolute atomic E-state index is 0.0389. The topological polar surface area (TPSA) is 87.5 Å². The van der Waals surface area contributed by atoms with Crippen LogP contribution < -0.4 is 24.4 Å². The summed E-state index contributed by atoms with van der Waals surface area (Å²) in [5.74, 6) is 6.82. The Hall–Kier alpha value is -2.77. The molecule has 0 radical (unpaired) electrons. The number of pyridine rings is 1. The fourth-order valence-electron chi connectivity index (χ4n) is 3.69. The second-order valence-corrected chi connectivity index (χ2v) is 7.24. The lowest BCUT2D eigenvalue weighted by Gasteiger charge is -2.37. The van der Waals surface area contributed by atoms with Crippen LogP contribution in [0.5, 0.6) is 5.75 Å². The molecule has 2 aromatic carbocycles. The molecule has 0 unspecified atom stereocenters. The highest BCUT2D eigenvalue weighted by atomic mass is 127. The molecule has 2 heterocycles. The summed E-state index contributed by atoms with van der Waals surface area (Å²) in [6.45, 7) is 3.08. The second-order valence-electron chi connectivity index (χ2n) is 6.80. The van der Waals surface area contributed by atoms with Gasteiger partial charge >= 0.3 is 0 Å². The van der Waals surface area contributed by atoms with Gasteiger partial charge in [0.15, 0.2) is 23.0 Å². The third-order valence-corrected chi connectivity index (χ3v) is 5.63. The van der Waals surface area contributed by atoms with E-state index in [1.807, 2.05) is 60.3 Å². The highest BCUT2D eigenvalue weighted by Crippen LogP contribution is 2.41. The summed E-state index contributed by atoms with van der Waals surface area (Å²) in [4.78, 5) is 14.6. The van der Waals surface area contributed by atoms with Crippen LogP contribution in [0, 0.1) is 18.3 Å². The molecule has 0 spiro atoms. The number of hydrazine groups is 1. The predicted molar refractivity (Wildman–Crippen MR) is 118 cm³/mol. The number of hydrogen-bond donors (Lipinski definition) is 1. The Kier molecular flexibility index (Phi) is 4.64. The van der Waals surface area contributed by atoms with Crippen LogP contribution in [0.2, 0.25) is 0 Å². The lowest BCUT2D eigenvalue weighted by molar-refractivity contribution is 0.715. The van der Waals surface area contributed by atoms with Gasteiger partial charge < -0.3 is 17.5 Å². The fourth-order valence-corrected chi connectivity index (χ4v) is 3.95. The van der Waals surface area contributed by atoms with Gasteiger partial charge in [0.2, 0.25) is 0 Å². The molecule has 0 fully saturated rings. The van der Waals surface area contributed by atoms with Crippen molar-refractivity contribution in [1.29, 1.82) is 5.26 Å². The Labute approximate surface area is 176 Å². The van der Waals surface area contributed by atoms with Gasteiger partial charge in [-0.3, -0.25) is 4.79 Å². The summed E-state index contributed by atoms with van der Waals surface area (Å²) >= 11 is 1.84. The maximum Gasteiger partial charge on any atom is 0.253 e. The average molecular weight is 487 g/mol. The van der Waals surface area contributed by atoms with Crippen LogP contribution in [-0.2, 0) is 7.05 Å². The van der Waals surface area contributed by atoms with E-state index in [-0.39, 0.29) is 5.56 Å². The molecule has 8 heteroatoms. The number of benzene rings is 2. The Morgan fingerprint density at radius 2 is 1.93 bits per heavy atom. The van der Waals surface area contributed by atoms with E-state index in [4.69, 9.17) is 8.91 Å². The Morgan fingerprint density at radius 1 is 1.14 bits per heavy atom. The van der Waals surface area contributed by atoms with Crippen molar-refractivity contribution in [3.8, 4) is 11.8 Å². The van der Waals surface area contributed by atoms with Crippen molar-refractivity contribution in [1.82, 2.24) is 4.57 Å². The van der Waals surface area contributed by atoms with Crippen LogP contribution in [0.4, 0.5) is 17.1 Å². The molecule has 142 valence electrons. The number of nitrogens with two attached hydrogens (primary N) is 1. The van der Waals surface area contributed by atoms with Gasteiger partial charge in [-0.2, -0.15) is 5.26 Å². The van der Waals surface area contributed by atoms with Gasteiger partial charge in [0.1, 0.15) is 5.75 Å². The van der Waals surface area contributed by atoms with Gasteiger partial charge in [-0.25, -0.2) is 5.84 Å². The van der Waals surface area contributed by atoms with Gasteiger partial charge in [-0.15, -0.1) is 0 Å². The average Bonchev–Trinajstić information content (AvgIpc) is 2.72. The molecule has 0 atom stereocenters. The number of rotatable bonds is 2. The molecular formula is C20H18IN5O2. The van der Waals surface area contributed by atoms with E-state index in [0.717, 1.165) is 28.0 Å². The lowest BCUT2D eigenvalue weighted by atomic mass is 10.1. The maximum atomic E-state index is 12.4. The molecule has 0 aliphatic carbocycles. The normalized spacial score (nSPS) is 13.4. The van der Waals surface area contributed by atoms with Crippen molar-refractivity contribution >= 4 is 51.0 Å². The zero-order valence-corrected chi connectivity index (χ0v) is 17.6. The van der Waals surface area contributed by atoms with Crippen LogP contribution in [0.3, 0.4) is 0 Å². The van der Waals surface area contributed by atoms with Crippen LogP contribution in [0.25, 0.3) is 10.9 Å². The van der Waals surface area contributed by atoms with Crippen molar-refractivity contribution in [2.24, 2.45) is 12.9 Å². The van der Waals surface area contributed by atoms with Crippen molar-refractivity contribution in [2.75, 3.05) is 23.0 Å². The van der Waals surface area contributed by atoms with E-state index in [2.05, 4.69) is 11.0 Å². The van der Waals surface area contributed by atoms with Gasteiger partial charge in [-0.05, 0) is 31.2 Å². The molecular weight excluding hydrogens is 469 g/mol. The minimum atomic E-state index is -0.0389. The number of aryl methyl sites for hydroxylation is 2. The first kappa shape index (κ1) is 18.6. The van der Waals surface area contributed by atoms with Crippen molar-refractivity contribution in [3.63, 3.8) is 0 Å². The number of nitriles is 1. The number of hydrogen-bond acceptors (Lipinski definition) is 6. The minimum Gasteiger partial charge on any atom is -0.428 e. The monoisotopic (exact) mass is 487 g/mol. The molecule has 1 aromatic heterocycles. The first-order valence-electron chi connectivity index (χ1n) is 8.71. The lowest BCUT2D eigenvalue weighted by Crippen LogP contribution is -2.43. The Morgan fingerprint density at radius 3 is 2.64 bits per heavy atom. The number of nitrogens with zero attached hydrogens (tertiary/aromatic N) is 4. The molecule has 0 saturated heterocycles. The van der Waals surface area contributed by atoms with E-state index in [1.165, 1.54) is 0 Å². The van der Waals surface area contributed by atoms with Crippen molar-refractivity contribution in [3.05, 3.63) is 57.9 Å². The molecule has 7 nitrogen and oxygen atoms in total. The zero-order chi connectivity index (χ0) is 20.0.